The summed E-state index contributed by atoms with van der Waals surface area (Å²) in [5, 5.41) is 11.0. The zero-order valence-electron chi connectivity index (χ0n) is 25.4. The van der Waals surface area contributed by atoms with Crippen molar-refractivity contribution in [1.82, 2.24) is 14.7 Å². The standard InChI is InChI=1S/C31H37Cl2N5O5/c1-8-42-27(39)26-20-13-12-19(16-18(20)14-15-37(26)29(41)43-31(5,6)7)38-24(17-23(36-38)30(2,3)4)35-28(40)34-22-11-9-10-21(32)25(22)33/h9-13,16-17,26H,8,14-15H2,1-7H3,(H2,34,35,40). The summed E-state index contributed by atoms with van der Waals surface area (Å²) in [4.78, 5) is 40.6. The number of halogens is 2. The highest BCUT2D eigenvalue weighted by Gasteiger charge is 2.39. The van der Waals surface area contributed by atoms with Crippen LogP contribution in [0.4, 0.5) is 21.1 Å². The molecule has 12 heteroatoms. The summed E-state index contributed by atoms with van der Waals surface area (Å²) in [6.45, 7) is 13.6. The largest absolute Gasteiger partial charge is 0.464 e. The number of nitrogens with one attached hydrogen (secondary N) is 2. The fourth-order valence-electron chi connectivity index (χ4n) is 4.64. The molecule has 1 aliphatic rings. The number of benzene rings is 2. The van der Waals surface area contributed by atoms with Gasteiger partial charge in [-0.2, -0.15) is 5.10 Å². The lowest BCUT2D eigenvalue weighted by atomic mass is 9.92. The number of hydrogen-bond acceptors (Lipinski definition) is 6. The number of ether oxygens (including phenoxy) is 2. The van der Waals surface area contributed by atoms with Crippen LogP contribution in [0.2, 0.25) is 10.0 Å². The van der Waals surface area contributed by atoms with Gasteiger partial charge in [0.15, 0.2) is 6.04 Å². The molecule has 43 heavy (non-hydrogen) atoms. The van der Waals surface area contributed by atoms with Gasteiger partial charge in [-0.25, -0.2) is 19.1 Å². The summed E-state index contributed by atoms with van der Waals surface area (Å²) in [5.74, 6) is -0.108. The molecule has 0 spiro atoms. The molecule has 1 aromatic heterocycles. The highest BCUT2D eigenvalue weighted by atomic mass is 35.5. The van der Waals surface area contributed by atoms with E-state index in [1.165, 1.54) is 4.90 Å². The molecule has 230 valence electrons. The third-order valence-electron chi connectivity index (χ3n) is 6.66. The Labute approximate surface area is 261 Å². The van der Waals surface area contributed by atoms with Crippen LogP contribution >= 0.6 is 23.2 Å². The normalized spacial score (nSPS) is 15.0. The minimum Gasteiger partial charge on any atom is -0.464 e. The van der Waals surface area contributed by atoms with Crippen LogP contribution in [0.3, 0.4) is 0 Å². The number of esters is 1. The van der Waals surface area contributed by atoms with Gasteiger partial charge in [0, 0.05) is 18.0 Å². The van der Waals surface area contributed by atoms with E-state index in [9.17, 15) is 14.4 Å². The molecule has 1 aliphatic heterocycles. The molecule has 0 bridgehead atoms. The molecule has 1 unspecified atom stereocenters. The Balaban J connectivity index is 1.70. The molecule has 0 saturated carbocycles. The number of carbonyl (C=O) groups excluding carboxylic acids is 3. The summed E-state index contributed by atoms with van der Waals surface area (Å²) in [6, 6.07) is 10.8. The van der Waals surface area contributed by atoms with Gasteiger partial charge in [-0.3, -0.25) is 10.2 Å². The summed E-state index contributed by atoms with van der Waals surface area (Å²) in [6.07, 6.45) is -0.109. The monoisotopic (exact) mass is 629 g/mol. The smallest absolute Gasteiger partial charge is 0.411 e. The number of nitrogens with zero attached hydrogens (tertiary/aromatic N) is 3. The summed E-state index contributed by atoms with van der Waals surface area (Å²) >= 11 is 12.4. The molecule has 1 atom stereocenters. The summed E-state index contributed by atoms with van der Waals surface area (Å²) < 4.78 is 12.6. The van der Waals surface area contributed by atoms with Crippen molar-refractivity contribution in [3.8, 4) is 5.69 Å². The quantitative estimate of drug-likeness (QED) is 0.282. The number of carbonyl (C=O) groups is 3. The predicted molar refractivity (Wildman–Crippen MR) is 167 cm³/mol. The first-order valence-corrected chi connectivity index (χ1v) is 14.8. The number of anilines is 2. The molecule has 2 N–H and O–H groups in total. The second kappa shape index (κ2) is 12.5. The van der Waals surface area contributed by atoms with Gasteiger partial charge in [0.25, 0.3) is 0 Å². The molecular formula is C31H37Cl2N5O5. The van der Waals surface area contributed by atoms with E-state index in [4.69, 9.17) is 37.8 Å². The van der Waals surface area contributed by atoms with Gasteiger partial charge >= 0.3 is 18.1 Å². The second-order valence-electron chi connectivity index (χ2n) is 12.2. The minimum atomic E-state index is -0.957. The van der Waals surface area contributed by atoms with Crippen molar-refractivity contribution in [2.24, 2.45) is 0 Å². The molecule has 4 rings (SSSR count). The van der Waals surface area contributed by atoms with E-state index in [0.717, 1.165) is 11.3 Å². The lowest BCUT2D eigenvalue weighted by Gasteiger charge is -2.36. The fraction of sp³-hybridized carbons (Fsp3) is 0.419. The maximum atomic E-state index is 13.1. The van der Waals surface area contributed by atoms with Crippen LogP contribution in [0.1, 0.15) is 71.3 Å². The maximum absolute atomic E-state index is 13.1. The van der Waals surface area contributed by atoms with Gasteiger partial charge in [-0.1, -0.05) is 56.1 Å². The van der Waals surface area contributed by atoms with Crippen molar-refractivity contribution in [1.29, 1.82) is 0 Å². The van der Waals surface area contributed by atoms with E-state index in [2.05, 4.69) is 10.6 Å². The second-order valence-corrected chi connectivity index (χ2v) is 13.0. The highest BCUT2D eigenvalue weighted by molar-refractivity contribution is 6.44. The lowest BCUT2D eigenvalue weighted by molar-refractivity contribution is -0.150. The van der Waals surface area contributed by atoms with E-state index < -0.39 is 29.7 Å². The Morgan fingerprint density at radius 1 is 1.02 bits per heavy atom. The Morgan fingerprint density at radius 3 is 2.40 bits per heavy atom. The van der Waals surface area contributed by atoms with E-state index in [1.807, 2.05) is 32.9 Å². The third-order valence-corrected chi connectivity index (χ3v) is 7.48. The number of rotatable bonds is 5. The highest BCUT2D eigenvalue weighted by Crippen LogP contribution is 2.35. The van der Waals surface area contributed by atoms with Crippen LogP contribution in [0, 0.1) is 0 Å². The fourth-order valence-corrected chi connectivity index (χ4v) is 4.99. The Morgan fingerprint density at radius 2 is 1.74 bits per heavy atom. The van der Waals surface area contributed by atoms with E-state index in [-0.39, 0.29) is 23.6 Å². The van der Waals surface area contributed by atoms with Gasteiger partial charge in [-0.15, -0.1) is 0 Å². The third kappa shape index (κ3) is 7.43. The van der Waals surface area contributed by atoms with E-state index in [0.29, 0.717) is 34.2 Å². The Kier molecular flexibility index (Phi) is 9.32. The van der Waals surface area contributed by atoms with Gasteiger partial charge in [0.05, 0.1) is 33.7 Å². The molecule has 2 heterocycles. The number of urea groups is 1. The molecular weight excluding hydrogens is 593 g/mol. The van der Waals surface area contributed by atoms with Crippen LogP contribution in [0.25, 0.3) is 5.69 Å². The van der Waals surface area contributed by atoms with Crippen molar-refractivity contribution in [3.63, 3.8) is 0 Å². The summed E-state index contributed by atoms with van der Waals surface area (Å²) in [7, 11) is 0. The Bertz CT molecular complexity index is 1540. The molecule has 0 radical (unpaired) electrons. The maximum Gasteiger partial charge on any atom is 0.411 e. The number of hydrogen-bond donors (Lipinski definition) is 2. The molecule has 0 saturated heterocycles. The van der Waals surface area contributed by atoms with Gasteiger partial charge in [0.2, 0.25) is 0 Å². The molecule has 2 aromatic carbocycles. The molecule has 3 aromatic rings. The van der Waals surface area contributed by atoms with Gasteiger partial charge < -0.3 is 14.8 Å². The van der Waals surface area contributed by atoms with E-state index in [1.54, 1.807) is 62.7 Å². The number of aromatic nitrogens is 2. The van der Waals surface area contributed by atoms with Crippen LogP contribution in [-0.2, 0) is 26.1 Å². The van der Waals surface area contributed by atoms with Crippen molar-refractivity contribution < 1.29 is 23.9 Å². The predicted octanol–water partition coefficient (Wildman–Crippen LogP) is 7.52. The van der Waals surface area contributed by atoms with Crippen molar-refractivity contribution in [3.05, 3.63) is 69.3 Å². The first-order chi connectivity index (χ1) is 20.1. The van der Waals surface area contributed by atoms with Crippen LogP contribution in [-0.4, -0.2) is 51.5 Å². The topological polar surface area (TPSA) is 115 Å². The molecule has 10 nitrogen and oxygen atoms in total. The number of fused-ring (bicyclic) bond motifs is 1. The zero-order valence-corrected chi connectivity index (χ0v) is 26.9. The first-order valence-electron chi connectivity index (χ1n) is 14.0. The van der Waals surface area contributed by atoms with Gasteiger partial charge in [0.1, 0.15) is 11.4 Å². The zero-order chi connectivity index (χ0) is 31.7. The summed E-state index contributed by atoms with van der Waals surface area (Å²) in [5.41, 5.74) is 2.24. The Hall–Kier alpha value is -3.76. The average molecular weight is 631 g/mol. The molecule has 3 amide bonds. The van der Waals surface area contributed by atoms with Crippen molar-refractivity contribution in [2.45, 2.75) is 71.9 Å². The van der Waals surface area contributed by atoms with Crippen LogP contribution < -0.4 is 10.6 Å². The molecule has 0 aliphatic carbocycles. The van der Waals surface area contributed by atoms with E-state index >= 15 is 0 Å². The lowest BCUT2D eigenvalue weighted by Crippen LogP contribution is -2.46. The average Bonchev–Trinajstić information content (AvgIpc) is 3.33. The molecule has 0 fully saturated rings. The number of amides is 3. The van der Waals surface area contributed by atoms with Crippen molar-refractivity contribution >= 4 is 52.8 Å². The van der Waals surface area contributed by atoms with Crippen LogP contribution in [0.5, 0.6) is 0 Å². The first kappa shape index (κ1) is 32.2. The van der Waals surface area contributed by atoms with Crippen LogP contribution in [0.15, 0.2) is 42.5 Å². The SMILES string of the molecule is CCOC(=O)C1c2ccc(-n3nc(C(C)(C)C)cc3NC(=O)Nc3cccc(Cl)c3Cl)cc2CCN1C(=O)OC(C)(C)C. The van der Waals surface area contributed by atoms with Crippen molar-refractivity contribution in [2.75, 3.05) is 23.8 Å². The van der Waals surface area contributed by atoms with Gasteiger partial charge in [-0.05, 0) is 69.5 Å². The minimum absolute atomic E-state index is 0.172.